The van der Waals surface area contributed by atoms with Crippen LogP contribution in [0.1, 0.15) is 78.5 Å². The zero-order chi connectivity index (χ0) is 27.9. The van der Waals surface area contributed by atoms with Gasteiger partial charge in [0, 0.05) is 30.3 Å². The van der Waals surface area contributed by atoms with Crippen molar-refractivity contribution in [3.8, 4) is 5.75 Å². The van der Waals surface area contributed by atoms with E-state index in [0.29, 0.717) is 6.42 Å². The van der Waals surface area contributed by atoms with Gasteiger partial charge in [-0.05, 0) is 62.6 Å². The largest absolute Gasteiger partial charge is 0.487 e. The first-order valence-corrected chi connectivity index (χ1v) is 13.3. The third kappa shape index (κ3) is 5.69. The molecule has 8 nitrogen and oxygen atoms in total. The molecule has 0 bridgehead atoms. The average molecular weight is 520 g/mol. The van der Waals surface area contributed by atoms with Crippen LogP contribution in [-0.2, 0) is 16.0 Å². The van der Waals surface area contributed by atoms with E-state index in [4.69, 9.17) is 10.5 Å². The molecule has 1 aliphatic carbocycles. The molecule has 1 aromatic carbocycles. The second kappa shape index (κ2) is 9.71. The second-order valence-electron chi connectivity index (χ2n) is 12.8. The Hall–Kier alpha value is -3.42. The highest BCUT2D eigenvalue weighted by atomic mass is 16.5. The van der Waals surface area contributed by atoms with Gasteiger partial charge in [0.2, 0.25) is 11.8 Å². The smallest absolute Gasteiger partial charge is 0.229 e. The zero-order valence-corrected chi connectivity index (χ0v) is 23.6. The maximum absolute atomic E-state index is 13.3. The van der Waals surface area contributed by atoms with Crippen molar-refractivity contribution in [3.63, 3.8) is 0 Å². The Kier molecular flexibility index (Phi) is 7.06. The van der Waals surface area contributed by atoms with Crippen LogP contribution in [0.15, 0.2) is 53.8 Å². The van der Waals surface area contributed by atoms with E-state index in [1.54, 1.807) is 6.20 Å². The van der Waals surface area contributed by atoms with Gasteiger partial charge in [-0.3, -0.25) is 19.9 Å². The summed E-state index contributed by atoms with van der Waals surface area (Å²) in [5.74, 6) is 1.17. The van der Waals surface area contributed by atoms with Crippen molar-refractivity contribution in [2.24, 2.45) is 27.5 Å². The summed E-state index contributed by atoms with van der Waals surface area (Å²) in [6.45, 7) is 14.5. The van der Waals surface area contributed by atoms with Crippen LogP contribution in [0, 0.1) is 16.7 Å². The Labute approximate surface area is 225 Å². The molecule has 1 aromatic heterocycles. The lowest BCUT2D eigenvalue weighted by molar-refractivity contribution is -0.125. The fourth-order valence-corrected chi connectivity index (χ4v) is 6.10. The minimum Gasteiger partial charge on any atom is -0.487 e. The highest BCUT2D eigenvalue weighted by Gasteiger charge is 2.70. The summed E-state index contributed by atoms with van der Waals surface area (Å²) in [7, 11) is 0. The molecule has 0 spiro atoms. The molecule has 0 saturated heterocycles. The molecule has 38 heavy (non-hydrogen) atoms. The molecule has 1 fully saturated rings. The quantitative estimate of drug-likeness (QED) is 0.556. The molecule has 0 radical (unpaired) electrons. The standard InChI is InChI=1S/C24H30N2O2.C6H11N3O/c1-22(2)14-18(17-10-6-7-11-19(17)28-22)26-21(27)20-23(3,4)24(20,5)13-16-9-8-12-25-15-16;1-6(2)3-4(10)8-5(7)9-6/h6-12,15,18,20H,13-14H2,1-5H3,(H,26,27);3H2,1-2H3,(H3,7,8,9,10)/t18-,20?,24+;/m0./s1. The molecule has 2 aromatic rings. The minimum atomic E-state index is -0.327. The number of guanidine groups is 1. The lowest BCUT2D eigenvalue weighted by Crippen LogP contribution is -2.46. The van der Waals surface area contributed by atoms with E-state index in [-0.39, 0.29) is 51.7 Å². The van der Waals surface area contributed by atoms with Gasteiger partial charge in [-0.25, -0.2) is 4.99 Å². The summed E-state index contributed by atoms with van der Waals surface area (Å²) >= 11 is 0. The van der Waals surface area contributed by atoms with E-state index in [0.717, 1.165) is 24.2 Å². The molecule has 204 valence electrons. The van der Waals surface area contributed by atoms with Crippen LogP contribution in [-0.4, -0.2) is 33.9 Å². The third-order valence-electron chi connectivity index (χ3n) is 8.28. The van der Waals surface area contributed by atoms with Crippen molar-refractivity contribution in [2.75, 3.05) is 0 Å². The monoisotopic (exact) mass is 519 g/mol. The maximum atomic E-state index is 13.3. The average Bonchev–Trinajstić information content (AvgIpc) is 3.22. The van der Waals surface area contributed by atoms with E-state index in [2.05, 4.69) is 67.4 Å². The van der Waals surface area contributed by atoms with Gasteiger partial charge in [0.05, 0.1) is 18.0 Å². The number of benzene rings is 1. The second-order valence-corrected chi connectivity index (χ2v) is 12.8. The van der Waals surface area contributed by atoms with Crippen molar-refractivity contribution < 1.29 is 14.3 Å². The van der Waals surface area contributed by atoms with Crippen LogP contribution in [0.3, 0.4) is 0 Å². The summed E-state index contributed by atoms with van der Waals surface area (Å²) in [4.78, 5) is 32.4. The topological polar surface area (TPSA) is 119 Å². The highest BCUT2D eigenvalue weighted by molar-refractivity contribution is 5.98. The molecule has 2 amide bonds. The van der Waals surface area contributed by atoms with Gasteiger partial charge in [0.15, 0.2) is 5.96 Å². The van der Waals surface area contributed by atoms with Crippen LogP contribution < -0.4 is 21.1 Å². The van der Waals surface area contributed by atoms with Gasteiger partial charge in [-0.2, -0.15) is 0 Å². The fourth-order valence-electron chi connectivity index (χ4n) is 6.10. The predicted molar refractivity (Wildman–Crippen MR) is 148 cm³/mol. The Bertz CT molecular complexity index is 1240. The van der Waals surface area contributed by atoms with Gasteiger partial charge in [0.25, 0.3) is 0 Å². The number of nitrogens with two attached hydrogens (primary N) is 1. The number of carbonyl (C=O) groups excluding carboxylic acids is 2. The summed E-state index contributed by atoms with van der Waals surface area (Å²) in [6.07, 6.45) is 5.74. The van der Waals surface area contributed by atoms with Crippen molar-refractivity contribution in [2.45, 2.75) is 84.9 Å². The first-order valence-electron chi connectivity index (χ1n) is 13.3. The number of para-hydroxylation sites is 1. The Morgan fingerprint density at radius 1 is 1.11 bits per heavy atom. The number of pyridine rings is 1. The minimum absolute atomic E-state index is 0.0154. The maximum Gasteiger partial charge on any atom is 0.229 e. The Balaban J connectivity index is 0.000000283. The van der Waals surface area contributed by atoms with Crippen molar-refractivity contribution >= 4 is 17.8 Å². The SMILES string of the molecule is CC1(C)CC(=O)NC(N)=N1.CC1(C)C[C@H](NC(=O)C2C(C)(C)[C@]2(C)Cc2cccnc2)c2ccccc2O1. The van der Waals surface area contributed by atoms with Gasteiger partial charge < -0.3 is 15.8 Å². The van der Waals surface area contributed by atoms with E-state index < -0.39 is 0 Å². The van der Waals surface area contributed by atoms with Gasteiger partial charge in [-0.1, -0.05) is 45.0 Å². The van der Waals surface area contributed by atoms with Crippen molar-refractivity contribution in [1.82, 2.24) is 15.6 Å². The number of hydrogen-bond acceptors (Lipinski definition) is 6. The molecule has 5 rings (SSSR count). The summed E-state index contributed by atoms with van der Waals surface area (Å²) in [6, 6.07) is 12.1. The van der Waals surface area contributed by atoms with Crippen molar-refractivity contribution in [1.29, 1.82) is 0 Å². The zero-order valence-electron chi connectivity index (χ0n) is 23.6. The Morgan fingerprint density at radius 2 is 1.82 bits per heavy atom. The summed E-state index contributed by atoms with van der Waals surface area (Å²) in [5, 5.41) is 5.78. The summed E-state index contributed by atoms with van der Waals surface area (Å²) in [5.41, 5.74) is 6.83. The van der Waals surface area contributed by atoms with E-state index in [9.17, 15) is 9.59 Å². The van der Waals surface area contributed by atoms with Crippen LogP contribution in [0.2, 0.25) is 0 Å². The number of aliphatic imine (C=N–C) groups is 1. The van der Waals surface area contributed by atoms with Crippen molar-refractivity contribution in [3.05, 3.63) is 59.9 Å². The normalized spacial score (nSPS) is 27.8. The first-order chi connectivity index (χ1) is 17.6. The number of aromatic nitrogens is 1. The lowest BCUT2D eigenvalue weighted by atomic mass is 9.89. The number of nitrogens with zero attached hydrogens (tertiary/aromatic N) is 2. The summed E-state index contributed by atoms with van der Waals surface area (Å²) < 4.78 is 6.11. The number of nitrogens with one attached hydrogen (secondary N) is 2. The first kappa shape index (κ1) is 27.6. The molecule has 4 N–H and O–H groups in total. The number of fused-ring (bicyclic) bond motifs is 1. The highest BCUT2D eigenvalue weighted by Crippen LogP contribution is 2.70. The van der Waals surface area contributed by atoms with Gasteiger partial charge >= 0.3 is 0 Å². The van der Waals surface area contributed by atoms with Gasteiger partial charge in [-0.15, -0.1) is 0 Å². The Morgan fingerprint density at radius 3 is 2.45 bits per heavy atom. The molecule has 8 heteroatoms. The number of rotatable bonds is 4. The number of amides is 2. The number of hydrogen-bond donors (Lipinski definition) is 3. The van der Waals surface area contributed by atoms with Crippen LogP contribution in [0.5, 0.6) is 5.75 Å². The number of ether oxygens (including phenoxy) is 1. The third-order valence-corrected chi connectivity index (χ3v) is 8.28. The molecule has 3 heterocycles. The molecular weight excluding hydrogens is 478 g/mol. The van der Waals surface area contributed by atoms with E-state index in [1.807, 2.05) is 44.3 Å². The van der Waals surface area contributed by atoms with E-state index >= 15 is 0 Å². The molecule has 3 atom stereocenters. The lowest BCUT2D eigenvalue weighted by Gasteiger charge is -2.38. The van der Waals surface area contributed by atoms with E-state index in [1.165, 1.54) is 5.56 Å². The molecule has 2 aliphatic heterocycles. The molecule has 3 aliphatic rings. The molecular formula is C30H41N5O3. The predicted octanol–water partition coefficient (Wildman–Crippen LogP) is 4.30. The molecule has 1 saturated carbocycles. The van der Waals surface area contributed by atoms with Crippen LogP contribution >= 0.6 is 0 Å². The molecule has 1 unspecified atom stereocenters. The van der Waals surface area contributed by atoms with Gasteiger partial charge in [0.1, 0.15) is 11.4 Å². The van der Waals surface area contributed by atoms with Crippen LogP contribution in [0.25, 0.3) is 0 Å². The fraction of sp³-hybridized carbons (Fsp3) is 0.533. The van der Waals surface area contributed by atoms with Crippen LogP contribution in [0.4, 0.5) is 0 Å². The number of carbonyl (C=O) groups is 2.